The van der Waals surface area contributed by atoms with Crippen molar-refractivity contribution in [1.82, 2.24) is 14.7 Å². The van der Waals surface area contributed by atoms with Gasteiger partial charge in [0.05, 0.1) is 0 Å². The number of nitriles is 1. The maximum Gasteiger partial charge on any atom is 0.268 e. The van der Waals surface area contributed by atoms with Gasteiger partial charge in [0.2, 0.25) is 0 Å². The standard InChI is InChI=1S/C17H15N5O2S/c1-10-6-13(12(3)22(10)15-7-11(2)24-21-15)8-14(9-18)16(23)20-17-19-4-5-25-17/h4-8H,1-3H3,(H,19,20,23)/b14-8+. The number of hydrogen-bond acceptors (Lipinski definition) is 6. The summed E-state index contributed by atoms with van der Waals surface area (Å²) in [6, 6.07) is 5.67. The van der Waals surface area contributed by atoms with Crippen molar-refractivity contribution in [3.05, 3.63) is 52.0 Å². The Hall–Kier alpha value is -3.18. The van der Waals surface area contributed by atoms with E-state index in [1.54, 1.807) is 17.7 Å². The zero-order valence-electron chi connectivity index (χ0n) is 13.9. The molecular formula is C17H15N5O2S. The molecule has 7 nitrogen and oxygen atoms in total. The molecule has 0 unspecified atom stereocenters. The Balaban J connectivity index is 1.94. The van der Waals surface area contributed by atoms with E-state index < -0.39 is 5.91 Å². The van der Waals surface area contributed by atoms with Crippen molar-refractivity contribution in [2.24, 2.45) is 0 Å². The fourth-order valence-electron chi connectivity index (χ4n) is 2.50. The Kier molecular flexibility index (Phi) is 4.50. The summed E-state index contributed by atoms with van der Waals surface area (Å²) >= 11 is 1.29. The fraction of sp³-hybridized carbons (Fsp3) is 0.176. The van der Waals surface area contributed by atoms with Crippen molar-refractivity contribution in [2.45, 2.75) is 20.8 Å². The highest BCUT2D eigenvalue weighted by Gasteiger charge is 2.16. The lowest BCUT2D eigenvalue weighted by atomic mass is 10.1. The Morgan fingerprint density at radius 1 is 1.40 bits per heavy atom. The van der Waals surface area contributed by atoms with E-state index in [1.807, 2.05) is 43.5 Å². The van der Waals surface area contributed by atoms with Crippen molar-refractivity contribution in [2.75, 3.05) is 5.32 Å². The van der Waals surface area contributed by atoms with Gasteiger partial charge in [0.15, 0.2) is 10.9 Å². The molecule has 0 bridgehead atoms. The van der Waals surface area contributed by atoms with Gasteiger partial charge in [-0.1, -0.05) is 5.16 Å². The number of rotatable bonds is 4. The summed E-state index contributed by atoms with van der Waals surface area (Å²) in [4.78, 5) is 16.2. The predicted octanol–water partition coefficient (Wildman–Crippen LogP) is 3.39. The number of thiazole rings is 1. The van der Waals surface area contributed by atoms with E-state index in [1.165, 1.54) is 11.3 Å². The summed E-state index contributed by atoms with van der Waals surface area (Å²) in [6.07, 6.45) is 3.15. The first-order valence-corrected chi connectivity index (χ1v) is 8.33. The Bertz CT molecular complexity index is 989. The third-order valence-electron chi connectivity index (χ3n) is 3.63. The smallest absolute Gasteiger partial charge is 0.268 e. The van der Waals surface area contributed by atoms with Gasteiger partial charge < -0.3 is 4.52 Å². The highest BCUT2D eigenvalue weighted by Crippen LogP contribution is 2.23. The van der Waals surface area contributed by atoms with Crippen LogP contribution in [0, 0.1) is 32.1 Å². The molecule has 0 saturated carbocycles. The second-order valence-electron chi connectivity index (χ2n) is 5.42. The number of carbonyl (C=O) groups is 1. The van der Waals surface area contributed by atoms with Crippen molar-refractivity contribution in [3.8, 4) is 11.9 Å². The number of aryl methyl sites for hydroxylation is 2. The van der Waals surface area contributed by atoms with E-state index in [0.717, 1.165) is 17.0 Å². The Labute approximate surface area is 148 Å². The fourth-order valence-corrected chi connectivity index (χ4v) is 3.02. The molecule has 0 atom stereocenters. The van der Waals surface area contributed by atoms with Crippen LogP contribution in [0.2, 0.25) is 0 Å². The molecule has 3 rings (SSSR count). The van der Waals surface area contributed by atoms with Gasteiger partial charge in [0, 0.05) is 29.0 Å². The van der Waals surface area contributed by atoms with E-state index in [-0.39, 0.29) is 5.57 Å². The summed E-state index contributed by atoms with van der Waals surface area (Å²) < 4.78 is 7.04. The molecule has 0 fully saturated rings. The molecule has 1 amide bonds. The van der Waals surface area contributed by atoms with Crippen LogP contribution in [-0.4, -0.2) is 20.6 Å². The minimum atomic E-state index is -0.487. The topological polar surface area (TPSA) is 96.7 Å². The molecule has 0 radical (unpaired) electrons. The van der Waals surface area contributed by atoms with Gasteiger partial charge in [0.25, 0.3) is 5.91 Å². The maximum absolute atomic E-state index is 12.3. The molecule has 0 aromatic carbocycles. The van der Waals surface area contributed by atoms with Crippen LogP contribution in [0.3, 0.4) is 0 Å². The summed E-state index contributed by atoms with van der Waals surface area (Å²) in [5, 5.41) is 18.2. The van der Waals surface area contributed by atoms with Crippen molar-refractivity contribution >= 4 is 28.5 Å². The monoisotopic (exact) mass is 353 g/mol. The van der Waals surface area contributed by atoms with Gasteiger partial charge in [-0.25, -0.2) is 4.98 Å². The number of nitrogens with zero attached hydrogens (tertiary/aromatic N) is 4. The van der Waals surface area contributed by atoms with Crippen LogP contribution in [0.15, 0.2) is 33.8 Å². The normalized spacial score (nSPS) is 11.4. The molecule has 0 saturated heterocycles. The highest BCUT2D eigenvalue weighted by molar-refractivity contribution is 7.13. The zero-order chi connectivity index (χ0) is 18.0. The largest absolute Gasteiger partial charge is 0.360 e. The van der Waals surface area contributed by atoms with Crippen LogP contribution in [0.5, 0.6) is 0 Å². The predicted molar refractivity (Wildman–Crippen MR) is 94.4 cm³/mol. The lowest BCUT2D eigenvalue weighted by Gasteiger charge is -2.04. The van der Waals surface area contributed by atoms with E-state index in [2.05, 4.69) is 15.5 Å². The highest BCUT2D eigenvalue weighted by atomic mass is 32.1. The first kappa shape index (κ1) is 16.7. The van der Waals surface area contributed by atoms with Crippen LogP contribution in [0.1, 0.15) is 22.7 Å². The molecule has 8 heteroatoms. The van der Waals surface area contributed by atoms with E-state index in [4.69, 9.17) is 4.52 Å². The van der Waals surface area contributed by atoms with Crippen LogP contribution in [-0.2, 0) is 4.79 Å². The number of anilines is 1. The quantitative estimate of drug-likeness (QED) is 0.573. The molecule has 3 heterocycles. The minimum absolute atomic E-state index is 0.00628. The molecule has 0 aliphatic carbocycles. The molecular weight excluding hydrogens is 338 g/mol. The third-order valence-corrected chi connectivity index (χ3v) is 4.32. The number of aromatic nitrogens is 3. The van der Waals surface area contributed by atoms with Crippen LogP contribution in [0.4, 0.5) is 5.13 Å². The third kappa shape index (κ3) is 3.36. The summed E-state index contributed by atoms with van der Waals surface area (Å²) in [5.74, 6) is 0.887. The van der Waals surface area contributed by atoms with Crippen LogP contribution < -0.4 is 5.32 Å². The van der Waals surface area contributed by atoms with Crippen LogP contribution in [0.25, 0.3) is 11.9 Å². The summed E-state index contributed by atoms with van der Waals surface area (Å²) in [6.45, 7) is 5.65. The lowest BCUT2D eigenvalue weighted by Crippen LogP contribution is -2.13. The minimum Gasteiger partial charge on any atom is -0.360 e. The first-order valence-electron chi connectivity index (χ1n) is 7.45. The van der Waals surface area contributed by atoms with E-state index >= 15 is 0 Å². The molecule has 3 aromatic heterocycles. The zero-order valence-corrected chi connectivity index (χ0v) is 14.7. The Morgan fingerprint density at radius 3 is 2.80 bits per heavy atom. The van der Waals surface area contributed by atoms with Gasteiger partial charge in [0.1, 0.15) is 17.4 Å². The first-order chi connectivity index (χ1) is 12.0. The number of amides is 1. The second-order valence-corrected chi connectivity index (χ2v) is 6.31. The summed E-state index contributed by atoms with van der Waals surface area (Å²) in [5.41, 5.74) is 2.56. The average molecular weight is 353 g/mol. The lowest BCUT2D eigenvalue weighted by molar-refractivity contribution is -0.112. The van der Waals surface area contributed by atoms with Crippen molar-refractivity contribution in [1.29, 1.82) is 5.26 Å². The van der Waals surface area contributed by atoms with Crippen LogP contribution >= 0.6 is 11.3 Å². The average Bonchev–Trinajstić information content (AvgIpc) is 3.28. The number of nitrogens with one attached hydrogen (secondary N) is 1. The van der Waals surface area contributed by atoms with Crippen molar-refractivity contribution < 1.29 is 9.32 Å². The molecule has 0 aliphatic rings. The molecule has 3 aromatic rings. The van der Waals surface area contributed by atoms with Gasteiger partial charge in [-0.05, 0) is 38.5 Å². The SMILES string of the molecule is Cc1cc(-n2c(C)cc(/C=C(\C#N)C(=O)Nc3nccs3)c2C)no1. The molecule has 0 spiro atoms. The maximum atomic E-state index is 12.3. The van der Waals surface area contributed by atoms with Gasteiger partial charge >= 0.3 is 0 Å². The Morgan fingerprint density at radius 2 is 2.20 bits per heavy atom. The van der Waals surface area contributed by atoms with E-state index in [0.29, 0.717) is 16.7 Å². The van der Waals surface area contributed by atoms with Gasteiger partial charge in [-0.15, -0.1) is 11.3 Å². The van der Waals surface area contributed by atoms with Gasteiger partial charge in [-0.2, -0.15) is 5.26 Å². The molecule has 0 aliphatic heterocycles. The molecule has 25 heavy (non-hydrogen) atoms. The van der Waals surface area contributed by atoms with Gasteiger partial charge in [-0.3, -0.25) is 14.7 Å². The molecule has 1 N–H and O–H groups in total. The number of carbonyl (C=O) groups excluding carboxylic acids is 1. The number of hydrogen-bond donors (Lipinski definition) is 1. The van der Waals surface area contributed by atoms with Crippen molar-refractivity contribution in [3.63, 3.8) is 0 Å². The molecule has 126 valence electrons. The van der Waals surface area contributed by atoms with E-state index in [9.17, 15) is 10.1 Å². The summed E-state index contributed by atoms with van der Waals surface area (Å²) in [7, 11) is 0. The second kappa shape index (κ2) is 6.75.